The van der Waals surface area contributed by atoms with Crippen molar-refractivity contribution in [1.29, 1.82) is 0 Å². The largest absolute Gasteiger partial charge is 0.372 e. The molecule has 0 aromatic heterocycles. The topological polar surface area (TPSA) is 38.5 Å². The Morgan fingerprint density at radius 1 is 1.24 bits per heavy atom. The van der Waals surface area contributed by atoms with Crippen molar-refractivity contribution in [2.24, 2.45) is 5.73 Å². The molecular formula is C14H22N2O. The molecule has 0 bridgehead atoms. The van der Waals surface area contributed by atoms with E-state index in [1.165, 1.54) is 11.3 Å². The molecule has 1 heterocycles. The molecule has 1 aliphatic rings. The first-order valence-corrected chi connectivity index (χ1v) is 6.33. The van der Waals surface area contributed by atoms with E-state index in [2.05, 4.69) is 43.0 Å². The van der Waals surface area contributed by atoms with Gasteiger partial charge in [0.1, 0.15) is 0 Å². The molecule has 17 heavy (non-hydrogen) atoms. The lowest BCUT2D eigenvalue weighted by atomic mass is 10.0. The second kappa shape index (κ2) is 5.07. The minimum Gasteiger partial charge on any atom is -0.372 e. The van der Waals surface area contributed by atoms with Gasteiger partial charge in [-0.2, -0.15) is 0 Å². The van der Waals surface area contributed by atoms with E-state index in [0.29, 0.717) is 0 Å². The van der Waals surface area contributed by atoms with Crippen molar-refractivity contribution in [1.82, 2.24) is 0 Å². The summed E-state index contributed by atoms with van der Waals surface area (Å²) in [5, 5.41) is 0. The Bertz CT molecular complexity index is 368. The SMILES string of the molecule is CC1CN(c2ccccc2C(C)N)CC(C)O1. The van der Waals surface area contributed by atoms with Crippen molar-refractivity contribution in [3.8, 4) is 0 Å². The van der Waals surface area contributed by atoms with Crippen LogP contribution >= 0.6 is 0 Å². The Labute approximate surface area is 104 Å². The third kappa shape index (κ3) is 2.79. The number of benzene rings is 1. The molecule has 2 rings (SSSR count). The number of para-hydroxylation sites is 1. The van der Waals surface area contributed by atoms with E-state index in [0.717, 1.165) is 13.1 Å². The molecule has 94 valence electrons. The fourth-order valence-electron chi connectivity index (χ4n) is 2.54. The number of nitrogens with zero attached hydrogens (tertiary/aromatic N) is 1. The number of ether oxygens (including phenoxy) is 1. The maximum Gasteiger partial charge on any atom is 0.0726 e. The number of nitrogens with two attached hydrogens (primary N) is 1. The van der Waals surface area contributed by atoms with Crippen molar-refractivity contribution in [3.63, 3.8) is 0 Å². The summed E-state index contributed by atoms with van der Waals surface area (Å²) in [5.41, 5.74) is 8.50. The summed E-state index contributed by atoms with van der Waals surface area (Å²) in [5.74, 6) is 0. The fourth-order valence-corrected chi connectivity index (χ4v) is 2.54. The van der Waals surface area contributed by atoms with Crippen LogP contribution in [0.25, 0.3) is 0 Å². The molecule has 3 unspecified atom stereocenters. The van der Waals surface area contributed by atoms with Crippen LogP contribution in [0.4, 0.5) is 5.69 Å². The first-order chi connectivity index (χ1) is 8.08. The molecule has 1 fully saturated rings. The maximum absolute atomic E-state index is 6.03. The highest BCUT2D eigenvalue weighted by atomic mass is 16.5. The minimum absolute atomic E-state index is 0.0691. The summed E-state index contributed by atoms with van der Waals surface area (Å²) >= 11 is 0. The third-order valence-corrected chi connectivity index (χ3v) is 3.19. The van der Waals surface area contributed by atoms with E-state index in [1.807, 2.05) is 6.92 Å². The van der Waals surface area contributed by atoms with Gasteiger partial charge in [0.05, 0.1) is 12.2 Å². The molecule has 1 aromatic carbocycles. The highest BCUT2D eigenvalue weighted by Crippen LogP contribution is 2.27. The van der Waals surface area contributed by atoms with Crippen LogP contribution in [0.2, 0.25) is 0 Å². The smallest absolute Gasteiger partial charge is 0.0726 e. The molecule has 0 spiro atoms. The van der Waals surface area contributed by atoms with E-state index < -0.39 is 0 Å². The first kappa shape index (κ1) is 12.4. The van der Waals surface area contributed by atoms with Gasteiger partial charge in [-0.25, -0.2) is 0 Å². The maximum atomic E-state index is 6.03. The summed E-state index contributed by atoms with van der Waals surface area (Å²) in [6.45, 7) is 8.16. The van der Waals surface area contributed by atoms with Gasteiger partial charge in [0.2, 0.25) is 0 Å². The Morgan fingerprint density at radius 3 is 2.41 bits per heavy atom. The average Bonchev–Trinajstić information content (AvgIpc) is 2.27. The quantitative estimate of drug-likeness (QED) is 0.853. The number of rotatable bonds is 2. The third-order valence-electron chi connectivity index (χ3n) is 3.19. The average molecular weight is 234 g/mol. The molecular weight excluding hydrogens is 212 g/mol. The Hall–Kier alpha value is -1.06. The monoisotopic (exact) mass is 234 g/mol. The standard InChI is InChI=1S/C14H22N2O/c1-10-8-16(9-11(2)17-10)14-7-5-4-6-13(14)12(3)15/h4-7,10-12H,8-9,15H2,1-3H3. The lowest BCUT2D eigenvalue weighted by Crippen LogP contribution is -2.46. The van der Waals surface area contributed by atoms with Crippen LogP contribution < -0.4 is 10.6 Å². The van der Waals surface area contributed by atoms with Gasteiger partial charge in [-0.3, -0.25) is 0 Å². The summed E-state index contributed by atoms with van der Waals surface area (Å²) in [4.78, 5) is 2.39. The second-order valence-electron chi connectivity index (χ2n) is 5.01. The molecule has 3 atom stereocenters. The fraction of sp³-hybridized carbons (Fsp3) is 0.571. The molecule has 1 saturated heterocycles. The van der Waals surface area contributed by atoms with Crippen molar-refractivity contribution < 1.29 is 4.74 Å². The zero-order chi connectivity index (χ0) is 12.4. The Morgan fingerprint density at radius 2 is 1.82 bits per heavy atom. The molecule has 0 amide bonds. The van der Waals surface area contributed by atoms with Crippen LogP contribution in [0.5, 0.6) is 0 Å². The van der Waals surface area contributed by atoms with Gasteiger partial charge in [-0.15, -0.1) is 0 Å². The highest BCUT2D eigenvalue weighted by Gasteiger charge is 2.24. The van der Waals surface area contributed by atoms with E-state index in [-0.39, 0.29) is 18.2 Å². The van der Waals surface area contributed by atoms with Crippen LogP contribution in [0.1, 0.15) is 32.4 Å². The molecule has 3 nitrogen and oxygen atoms in total. The number of hydrogen-bond acceptors (Lipinski definition) is 3. The zero-order valence-corrected chi connectivity index (χ0v) is 10.9. The molecule has 2 N–H and O–H groups in total. The van der Waals surface area contributed by atoms with E-state index >= 15 is 0 Å². The first-order valence-electron chi connectivity index (χ1n) is 6.33. The Kier molecular flexibility index (Phi) is 3.69. The highest BCUT2D eigenvalue weighted by molar-refractivity contribution is 5.55. The van der Waals surface area contributed by atoms with E-state index in [9.17, 15) is 0 Å². The van der Waals surface area contributed by atoms with E-state index in [1.54, 1.807) is 0 Å². The summed E-state index contributed by atoms with van der Waals surface area (Å²) in [6, 6.07) is 8.47. The van der Waals surface area contributed by atoms with Crippen molar-refractivity contribution in [2.45, 2.75) is 39.0 Å². The van der Waals surface area contributed by atoms with Gasteiger partial charge >= 0.3 is 0 Å². The van der Waals surface area contributed by atoms with Crippen LogP contribution in [0, 0.1) is 0 Å². The lowest BCUT2D eigenvalue weighted by molar-refractivity contribution is -0.00527. The normalized spacial score (nSPS) is 26.9. The second-order valence-corrected chi connectivity index (χ2v) is 5.01. The lowest BCUT2D eigenvalue weighted by Gasteiger charge is -2.38. The molecule has 0 radical (unpaired) electrons. The number of hydrogen-bond donors (Lipinski definition) is 1. The molecule has 0 saturated carbocycles. The van der Waals surface area contributed by atoms with Gasteiger partial charge in [0.25, 0.3) is 0 Å². The predicted octanol–water partition coefficient (Wildman–Crippen LogP) is 2.32. The molecule has 1 aliphatic heterocycles. The van der Waals surface area contributed by atoms with Gasteiger partial charge in [-0.1, -0.05) is 18.2 Å². The van der Waals surface area contributed by atoms with Crippen LogP contribution in [0.3, 0.4) is 0 Å². The van der Waals surface area contributed by atoms with Crippen molar-refractivity contribution in [3.05, 3.63) is 29.8 Å². The summed E-state index contributed by atoms with van der Waals surface area (Å²) in [7, 11) is 0. The van der Waals surface area contributed by atoms with Gasteiger partial charge in [0.15, 0.2) is 0 Å². The van der Waals surface area contributed by atoms with Gasteiger partial charge in [0, 0.05) is 24.8 Å². The predicted molar refractivity (Wildman–Crippen MR) is 71.3 cm³/mol. The van der Waals surface area contributed by atoms with Crippen LogP contribution in [-0.2, 0) is 4.74 Å². The van der Waals surface area contributed by atoms with Crippen LogP contribution in [-0.4, -0.2) is 25.3 Å². The molecule has 0 aliphatic carbocycles. The molecule has 3 heteroatoms. The minimum atomic E-state index is 0.0691. The Balaban J connectivity index is 2.27. The summed E-state index contributed by atoms with van der Waals surface area (Å²) < 4.78 is 5.77. The van der Waals surface area contributed by atoms with E-state index in [4.69, 9.17) is 10.5 Å². The molecule has 1 aromatic rings. The van der Waals surface area contributed by atoms with Crippen molar-refractivity contribution in [2.75, 3.05) is 18.0 Å². The van der Waals surface area contributed by atoms with Crippen LogP contribution in [0.15, 0.2) is 24.3 Å². The number of morpholine rings is 1. The van der Waals surface area contributed by atoms with Crippen molar-refractivity contribution >= 4 is 5.69 Å². The van der Waals surface area contributed by atoms with Gasteiger partial charge in [-0.05, 0) is 32.4 Å². The summed E-state index contributed by atoms with van der Waals surface area (Å²) in [6.07, 6.45) is 0.555. The zero-order valence-electron chi connectivity index (χ0n) is 10.9. The van der Waals surface area contributed by atoms with Gasteiger partial charge < -0.3 is 15.4 Å². The number of anilines is 1.